The fourth-order valence-electron chi connectivity index (χ4n) is 4.82. The van der Waals surface area contributed by atoms with Gasteiger partial charge in [0.2, 0.25) is 0 Å². The summed E-state index contributed by atoms with van der Waals surface area (Å²) in [4.78, 5) is 4.85. The number of piperidine rings is 1. The van der Waals surface area contributed by atoms with E-state index in [0.717, 1.165) is 43.1 Å². The molecule has 3 aliphatic heterocycles. The van der Waals surface area contributed by atoms with E-state index < -0.39 is 6.10 Å². The quantitative estimate of drug-likeness (QED) is 0.615. The summed E-state index contributed by atoms with van der Waals surface area (Å²) in [5.74, 6) is 1.47. The van der Waals surface area contributed by atoms with Gasteiger partial charge in [0.1, 0.15) is 11.6 Å². The zero-order valence-corrected chi connectivity index (χ0v) is 14.2. The Bertz CT molecular complexity index is 645. The molecule has 4 rings (SSSR count). The zero-order chi connectivity index (χ0) is 16.8. The fourth-order valence-corrected chi connectivity index (χ4v) is 4.82. The number of nitrogens with zero attached hydrogens (tertiary/aromatic N) is 2. The van der Waals surface area contributed by atoms with Crippen LogP contribution in [0.2, 0.25) is 0 Å². The second-order valence-corrected chi connectivity index (χ2v) is 7.51. The Morgan fingerprint density at radius 1 is 1.25 bits per heavy atom. The summed E-state index contributed by atoms with van der Waals surface area (Å²) >= 11 is 0. The van der Waals surface area contributed by atoms with Crippen LogP contribution in [-0.2, 0) is 0 Å². The molecule has 3 heterocycles. The number of nitrogens with one attached hydrogen (secondary N) is 2. The number of aliphatic hydroxyl groups is 2. The molecule has 0 radical (unpaired) electrons. The van der Waals surface area contributed by atoms with E-state index in [2.05, 4.69) is 15.8 Å². The van der Waals surface area contributed by atoms with Crippen molar-refractivity contribution in [2.24, 2.45) is 33.8 Å². The van der Waals surface area contributed by atoms with Gasteiger partial charge < -0.3 is 15.5 Å². The molecule has 1 aliphatic carbocycles. The third-order valence-corrected chi connectivity index (χ3v) is 6.03. The van der Waals surface area contributed by atoms with Crippen molar-refractivity contribution in [3.8, 4) is 0 Å². The molecular weight excluding hydrogens is 304 g/mol. The van der Waals surface area contributed by atoms with Gasteiger partial charge in [0, 0.05) is 17.5 Å². The SMILES string of the molecule is CC1=CC(O)=CC2C1N=C1NN=C(C)C1C2C(O)C1CCNCC1. The Morgan fingerprint density at radius 2 is 2.00 bits per heavy atom. The topological polar surface area (TPSA) is 89.2 Å². The van der Waals surface area contributed by atoms with Crippen LogP contribution < -0.4 is 10.7 Å². The van der Waals surface area contributed by atoms with Gasteiger partial charge in [-0.05, 0) is 63.4 Å². The van der Waals surface area contributed by atoms with Crippen molar-refractivity contribution in [2.75, 3.05) is 13.1 Å². The van der Waals surface area contributed by atoms with Crippen LogP contribution in [0.4, 0.5) is 0 Å². The second-order valence-electron chi connectivity index (χ2n) is 7.51. The van der Waals surface area contributed by atoms with Crippen LogP contribution in [0.3, 0.4) is 0 Å². The molecule has 130 valence electrons. The second kappa shape index (κ2) is 6.01. The van der Waals surface area contributed by atoms with Crippen molar-refractivity contribution in [1.29, 1.82) is 0 Å². The van der Waals surface area contributed by atoms with Crippen molar-refractivity contribution in [3.05, 3.63) is 23.5 Å². The summed E-state index contributed by atoms with van der Waals surface area (Å²) in [5.41, 5.74) is 5.08. The first-order chi connectivity index (χ1) is 11.6. The molecule has 0 aromatic carbocycles. The van der Waals surface area contributed by atoms with Crippen LogP contribution in [0.5, 0.6) is 0 Å². The predicted molar refractivity (Wildman–Crippen MR) is 94.0 cm³/mol. The van der Waals surface area contributed by atoms with E-state index in [0.29, 0.717) is 0 Å². The summed E-state index contributed by atoms with van der Waals surface area (Å²) in [5, 5.41) is 29.1. The number of amidine groups is 1. The first-order valence-corrected chi connectivity index (χ1v) is 8.92. The van der Waals surface area contributed by atoms with E-state index in [1.54, 1.807) is 6.08 Å². The molecule has 0 amide bonds. The standard InChI is InChI=1S/C18H26N4O2/c1-9-7-12(23)8-13-15(17(24)11-3-5-19-6-4-11)14-10(2)21-22-18(14)20-16(9)13/h7-8,11,13-17,19,23-24H,3-6H2,1-2H3,(H,20,22). The van der Waals surface area contributed by atoms with Crippen molar-refractivity contribution < 1.29 is 10.2 Å². The summed E-state index contributed by atoms with van der Waals surface area (Å²) in [6, 6.07) is -0.0258. The highest BCUT2D eigenvalue weighted by Gasteiger charge is 2.50. The van der Waals surface area contributed by atoms with Gasteiger partial charge in [-0.2, -0.15) is 5.10 Å². The minimum Gasteiger partial charge on any atom is -0.508 e. The highest BCUT2D eigenvalue weighted by atomic mass is 16.3. The number of allylic oxidation sites excluding steroid dienone is 1. The summed E-state index contributed by atoms with van der Waals surface area (Å²) < 4.78 is 0. The Kier molecular flexibility index (Phi) is 3.96. The molecule has 0 saturated carbocycles. The minimum absolute atomic E-state index is 0.00449. The molecule has 0 aromatic heterocycles. The number of fused-ring (bicyclic) bond motifs is 2. The smallest absolute Gasteiger partial charge is 0.127 e. The molecule has 1 fully saturated rings. The number of aliphatic imine (C=N–C) groups is 1. The molecule has 6 nitrogen and oxygen atoms in total. The van der Waals surface area contributed by atoms with Crippen LogP contribution in [-0.4, -0.2) is 47.0 Å². The lowest BCUT2D eigenvalue weighted by Gasteiger charge is -2.44. The molecule has 6 heteroatoms. The maximum atomic E-state index is 11.3. The highest BCUT2D eigenvalue weighted by molar-refractivity contribution is 6.10. The van der Waals surface area contributed by atoms with Gasteiger partial charge in [-0.25, -0.2) is 0 Å². The summed E-state index contributed by atoms with van der Waals surface area (Å²) in [7, 11) is 0. The lowest BCUT2D eigenvalue weighted by molar-refractivity contribution is 0.00777. The average Bonchev–Trinajstić information content (AvgIpc) is 2.94. The first kappa shape index (κ1) is 15.8. The lowest BCUT2D eigenvalue weighted by atomic mass is 9.65. The zero-order valence-electron chi connectivity index (χ0n) is 14.2. The van der Waals surface area contributed by atoms with Crippen LogP contribution in [0.15, 0.2) is 33.6 Å². The van der Waals surface area contributed by atoms with Gasteiger partial charge in [-0.15, -0.1) is 0 Å². The number of hydrazone groups is 1. The fraction of sp³-hybridized carbons (Fsp3) is 0.667. The van der Waals surface area contributed by atoms with Crippen LogP contribution >= 0.6 is 0 Å². The number of aliphatic hydroxyl groups excluding tert-OH is 2. The van der Waals surface area contributed by atoms with Crippen LogP contribution in [0.25, 0.3) is 0 Å². The van der Waals surface area contributed by atoms with Crippen molar-refractivity contribution in [1.82, 2.24) is 10.7 Å². The number of hydrogen-bond donors (Lipinski definition) is 4. The van der Waals surface area contributed by atoms with Crippen LogP contribution in [0, 0.1) is 23.7 Å². The molecule has 5 atom stereocenters. The van der Waals surface area contributed by atoms with Gasteiger partial charge in [-0.1, -0.05) is 0 Å². The molecule has 5 unspecified atom stereocenters. The van der Waals surface area contributed by atoms with E-state index in [4.69, 9.17) is 4.99 Å². The maximum absolute atomic E-state index is 11.3. The van der Waals surface area contributed by atoms with Crippen molar-refractivity contribution in [2.45, 2.75) is 38.8 Å². The van der Waals surface area contributed by atoms with Gasteiger partial charge in [-0.3, -0.25) is 10.4 Å². The van der Waals surface area contributed by atoms with Gasteiger partial charge in [0.15, 0.2) is 0 Å². The molecule has 24 heavy (non-hydrogen) atoms. The Morgan fingerprint density at radius 3 is 2.75 bits per heavy atom. The molecule has 1 saturated heterocycles. The normalized spacial score (nSPS) is 37.3. The largest absolute Gasteiger partial charge is 0.508 e. The van der Waals surface area contributed by atoms with E-state index in [1.165, 1.54) is 0 Å². The number of hydrogen-bond acceptors (Lipinski definition) is 6. The predicted octanol–water partition coefficient (Wildman–Crippen LogP) is 1.36. The molecule has 0 bridgehead atoms. The molecule has 4 N–H and O–H groups in total. The monoisotopic (exact) mass is 330 g/mol. The minimum atomic E-state index is -0.421. The molecule has 4 aliphatic rings. The van der Waals surface area contributed by atoms with E-state index in [1.807, 2.05) is 19.9 Å². The maximum Gasteiger partial charge on any atom is 0.127 e. The molecular formula is C18H26N4O2. The third kappa shape index (κ3) is 2.48. The number of rotatable bonds is 2. The van der Waals surface area contributed by atoms with E-state index >= 15 is 0 Å². The van der Waals surface area contributed by atoms with Crippen molar-refractivity contribution >= 4 is 11.5 Å². The lowest BCUT2D eigenvalue weighted by Crippen LogP contribution is -2.52. The molecule has 0 spiro atoms. The summed E-state index contributed by atoms with van der Waals surface area (Å²) in [6.45, 7) is 5.92. The first-order valence-electron chi connectivity index (χ1n) is 8.92. The molecule has 0 aromatic rings. The van der Waals surface area contributed by atoms with Gasteiger partial charge in [0.25, 0.3) is 0 Å². The average molecular weight is 330 g/mol. The van der Waals surface area contributed by atoms with Gasteiger partial charge >= 0.3 is 0 Å². The Hall–Kier alpha value is -1.66. The van der Waals surface area contributed by atoms with E-state index in [-0.39, 0.29) is 35.5 Å². The Labute approximate surface area is 142 Å². The Balaban J connectivity index is 1.72. The van der Waals surface area contributed by atoms with Crippen molar-refractivity contribution in [3.63, 3.8) is 0 Å². The summed E-state index contributed by atoms with van der Waals surface area (Å²) in [6.07, 6.45) is 5.22. The van der Waals surface area contributed by atoms with E-state index in [9.17, 15) is 10.2 Å². The van der Waals surface area contributed by atoms with Crippen LogP contribution in [0.1, 0.15) is 26.7 Å². The third-order valence-electron chi connectivity index (χ3n) is 6.03. The van der Waals surface area contributed by atoms with Gasteiger partial charge in [0.05, 0.1) is 18.1 Å². The highest BCUT2D eigenvalue weighted by Crippen LogP contribution is 2.44.